The van der Waals surface area contributed by atoms with Crippen LogP contribution in [0.4, 0.5) is 5.69 Å². The van der Waals surface area contributed by atoms with Crippen molar-refractivity contribution in [1.29, 1.82) is 0 Å². The van der Waals surface area contributed by atoms with E-state index in [4.69, 9.17) is 0 Å². The van der Waals surface area contributed by atoms with E-state index in [1.54, 1.807) is 24.3 Å². The van der Waals surface area contributed by atoms with E-state index in [1.165, 1.54) is 6.21 Å². The van der Waals surface area contributed by atoms with Crippen molar-refractivity contribution in [2.24, 2.45) is 10.4 Å². The van der Waals surface area contributed by atoms with Crippen LogP contribution in [-0.4, -0.2) is 54.1 Å². The Labute approximate surface area is 167 Å². The maximum Gasteiger partial charge on any atom is 0.251 e. The van der Waals surface area contributed by atoms with Crippen molar-refractivity contribution in [2.45, 2.75) is 40.5 Å². The van der Waals surface area contributed by atoms with Crippen LogP contribution in [0.25, 0.3) is 0 Å². The Kier molecular flexibility index (Phi) is 7.52. The van der Waals surface area contributed by atoms with Crippen LogP contribution in [-0.2, 0) is 4.79 Å². The van der Waals surface area contributed by atoms with Crippen molar-refractivity contribution in [3.63, 3.8) is 0 Å². The molecule has 2 N–H and O–H groups in total. The highest BCUT2D eigenvalue weighted by atomic mass is 16.3. The van der Waals surface area contributed by atoms with Gasteiger partial charge in [0.2, 0.25) is 0 Å². The Morgan fingerprint density at radius 2 is 1.86 bits per heavy atom. The van der Waals surface area contributed by atoms with Crippen molar-refractivity contribution >= 4 is 23.6 Å². The zero-order valence-electron chi connectivity index (χ0n) is 17.3. The number of allylic oxidation sites excluding steroid dienone is 2. The molecule has 0 radical (unpaired) electrons. The number of Topliss-reactive ketones (excluding diaryl/α,β-unsaturated/α-hetero) is 1. The molecule has 152 valence electrons. The molecular formula is C22H31N3O3. The topological polar surface area (TPSA) is 82.0 Å². The molecule has 6 nitrogen and oxygen atoms in total. The summed E-state index contributed by atoms with van der Waals surface area (Å²) in [5.74, 6) is -0.122. The maximum atomic E-state index is 12.2. The Morgan fingerprint density at radius 1 is 1.21 bits per heavy atom. The molecule has 1 aliphatic rings. The number of aliphatic hydroxyl groups is 1. The molecule has 0 heterocycles. The van der Waals surface area contributed by atoms with Crippen LogP contribution in [0.15, 0.2) is 40.6 Å². The number of nitrogens with one attached hydrogen (secondary N) is 1. The molecule has 2 rings (SSSR count). The molecule has 0 saturated heterocycles. The molecule has 0 unspecified atom stereocenters. The first-order chi connectivity index (χ1) is 13.3. The standard InChI is InChI=1S/C22H31N3O3/c1-5-25(6-2)12-11-23-21(28)16-7-9-17(10-8-16)24-15-18-19(26)13-22(3,4)14-20(18)27/h7-10,15,26H,5-6,11-14H2,1-4H3,(H,23,28). The predicted octanol–water partition coefficient (Wildman–Crippen LogP) is 3.66. The lowest BCUT2D eigenvalue weighted by atomic mass is 9.77. The molecule has 0 spiro atoms. The zero-order chi connectivity index (χ0) is 20.7. The molecule has 0 aromatic heterocycles. The monoisotopic (exact) mass is 385 g/mol. The SMILES string of the molecule is CCN(CC)CCNC(=O)c1ccc(N=CC2=C(O)CC(C)(C)CC2=O)cc1. The number of carbonyl (C=O) groups is 2. The molecule has 0 bridgehead atoms. The van der Waals surface area contributed by atoms with E-state index in [2.05, 4.69) is 29.1 Å². The highest BCUT2D eigenvalue weighted by molar-refractivity contribution is 6.14. The van der Waals surface area contributed by atoms with Gasteiger partial charge in [0.05, 0.1) is 11.3 Å². The molecule has 1 aromatic rings. The van der Waals surface area contributed by atoms with Crippen molar-refractivity contribution < 1.29 is 14.7 Å². The third-order valence-electron chi connectivity index (χ3n) is 4.98. The van der Waals surface area contributed by atoms with E-state index >= 15 is 0 Å². The van der Waals surface area contributed by atoms with Gasteiger partial charge in [-0.1, -0.05) is 27.7 Å². The summed E-state index contributed by atoms with van der Waals surface area (Å²) in [7, 11) is 0. The Balaban J connectivity index is 1.96. The number of likely N-dealkylation sites (N-methyl/N-ethyl adjacent to an activating group) is 1. The molecule has 1 aliphatic carbocycles. The normalized spacial score (nSPS) is 16.8. The lowest BCUT2D eigenvalue weighted by Gasteiger charge is -2.28. The molecule has 1 aromatic carbocycles. The Bertz CT molecular complexity index is 760. The van der Waals surface area contributed by atoms with Gasteiger partial charge >= 0.3 is 0 Å². The average Bonchev–Trinajstić information content (AvgIpc) is 2.64. The van der Waals surface area contributed by atoms with E-state index in [1.807, 2.05) is 13.8 Å². The van der Waals surface area contributed by atoms with E-state index in [-0.39, 0.29) is 28.4 Å². The van der Waals surface area contributed by atoms with Crippen LogP contribution in [0.5, 0.6) is 0 Å². The molecule has 6 heteroatoms. The number of aliphatic imine (C=N–C) groups is 1. The fraction of sp³-hybridized carbons (Fsp3) is 0.500. The van der Waals surface area contributed by atoms with Crippen molar-refractivity contribution in [3.05, 3.63) is 41.2 Å². The van der Waals surface area contributed by atoms with Crippen molar-refractivity contribution in [1.82, 2.24) is 10.2 Å². The first-order valence-corrected chi connectivity index (χ1v) is 9.85. The van der Waals surface area contributed by atoms with Gasteiger partial charge in [0, 0.05) is 37.7 Å². The molecule has 1 amide bonds. The van der Waals surface area contributed by atoms with Gasteiger partial charge in [-0.05, 0) is 42.8 Å². The maximum absolute atomic E-state index is 12.2. The van der Waals surface area contributed by atoms with Gasteiger partial charge in [-0.15, -0.1) is 0 Å². The third kappa shape index (κ3) is 6.02. The van der Waals surface area contributed by atoms with Gasteiger partial charge in [0.25, 0.3) is 5.91 Å². The van der Waals surface area contributed by atoms with Crippen molar-refractivity contribution in [3.8, 4) is 0 Å². The smallest absolute Gasteiger partial charge is 0.251 e. The second kappa shape index (κ2) is 9.64. The van der Waals surface area contributed by atoms with E-state index in [9.17, 15) is 14.7 Å². The average molecular weight is 386 g/mol. The van der Waals surface area contributed by atoms with Crippen LogP contribution >= 0.6 is 0 Å². The summed E-state index contributed by atoms with van der Waals surface area (Å²) in [5, 5.41) is 13.1. The summed E-state index contributed by atoms with van der Waals surface area (Å²) < 4.78 is 0. The number of carbonyl (C=O) groups excluding carboxylic acids is 2. The fourth-order valence-corrected chi connectivity index (χ4v) is 3.26. The zero-order valence-corrected chi connectivity index (χ0v) is 17.3. The fourth-order valence-electron chi connectivity index (χ4n) is 3.26. The van der Waals surface area contributed by atoms with Gasteiger partial charge in [-0.25, -0.2) is 0 Å². The minimum atomic E-state index is -0.223. The van der Waals surface area contributed by atoms with Gasteiger partial charge < -0.3 is 15.3 Å². The molecular weight excluding hydrogens is 354 g/mol. The van der Waals surface area contributed by atoms with E-state index in [0.717, 1.165) is 19.6 Å². The molecule has 0 atom stereocenters. The van der Waals surface area contributed by atoms with Crippen LogP contribution in [0.3, 0.4) is 0 Å². The van der Waals surface area contributed by atoms with Crippen LogP contribution < -0.4 is 5.32 Å². The Hall–Kier alpha value is -2.47. The Morgan fingerprint density at radius 3 is 2.43 bits per heavy atom. The third-order valence-corrected chi connectivity index (χ3v) is 4.98. The summed E-state index contributed by atoms with van der Waals surface area (Å²) in [6, 6.07) is 6.87. The quantitative estimate of drug-likeness (QED) is 0.669. The van der Waals surface area contributed by atoms with Crippen LogP contribution in [0.1, 0.15) is 50.9 Å². The lowest BCUT2D eigenvalue weighted by Crippen LogP contribution is -2.34. The largest absolute Gasteiger partial charge is 0.511 e. The number of ketones is 1. The number of rotatable bonds is 8. The van der Waals surface area contributed by atoms with Gasteiger partial charge in [0.15, 0.2) is 5.78 Å². The minimum absolute atomic E-state index is 0.0919. The number of nitrogens with zero attached hydrogens (tertiary/aromatic N) is 2. The second-order valence-electron chi connectivity index (χ2n) is 7.89. The number of hydrogen-bond donors (Lipinski definition) is 2. The van der Waals surface area contributed by atoms with E-state index < -0.39 is 0 Å². The highest BCUT2D eigenvalue weighted by Gasteiger charge is 2.32. The lowest BCUT2D eigenvalue weighted by molar-refractivity contribution is -0.117. The number of hydrogen-bond acceptors (Lipinski definition) is 5. The first-order valence-electron chi connectivity index (χ1n) is 9.85. The first kappa shape index (κ1) is 21.8. The minimum Gasteiger partial charge on any atom is -0.511 e. The summed E-state index contributed by atoms with van der Waals surface area (Å²) in [4.78, 5) is 31.0. The predicted molar refractivity (Wildman–Crippen MR) is 112 cm³/mol. The van der Waals surface area contributed by atoms with Gasteiger partial charge in [-0.2, -0.15) is 0 Å². The highest BCUT2D eigenvalue weighted by Crippen LogP contribution is 2.35. The molecule has 0 saturated carbocycles. The van der Waals surface area contributed by atoms with Gasteiger partial charge in [0.1, 0.15) is 5.76 Å². The number of benzene rings is 1. The van der Waals surface area contributed by atoms with E-state index in [0.29, 0.717) is 30.6 Å². The van der Waals surface area contributed by atoms with Crippen LogP contribution in [0, 0.1) is 5.41 Å². The molecule has 0 aliphatic heterocycles. The summed E-state index contributed by atoms with van der Waals surface area (Å²) >= 11 is 0. The summed E-state index contributed by atoms with van der Waals surface area (Å²) in [6.45, 7) is 11.5. The summed E-state index contributed by atoms with van der Waals surface area (Å²) in [6.07, 6.45) is 2.28. The molecule has 28 heavy (non-hydrogen) atoms. The number of aliphatic hydroxyl groups excluding tert-OH is 1. The molecule has 0 fully saturated rings. The summed E-state index contributed by atoms with van der Waals surface area (Å²) in [5.41, 5.74) is 1.24. The van der Waals surface area contributed by atoms with Crippen LogP contribution in [0.2, 0.25) is 0 Å². The second-order valence-corrected chi connectivity index (χ2v) is 7.89. The van der Waals surface area contributed by atoms with Gasteiger partial charge in [-0.3, -0.25) is 14.6 Å². The van der Waals surface area contributed by atoms with Crippen molar-refractivity contribution in [2.75, 3.05) is 26.2 Å². The number of amides is 1.